The number of hydrogen-bond donors (Lipinski definition) is 0. The molecule has 0 spiro atoms. The van der Waals surface area contributed by atoms with E-state index in [1.807, 2.05) is 5.57 Å². The Morgan fingerprint density at radius 3 is 2.39 bits per heavy atom. The maximum atomic E-state index is 2.75. The fourth-order valence-electron chi connectivity index (χ4n) is 9.34. The first-order chi connectivity index (χ1) is 14.7. The van der Waals surface area contributed by atoms with E-state index in [0.717, 1.165) is 35.5 Å². The Balaban J connectivity index is 1.53. The maximum absolute atomic E-state index is 2.75. The third-order valence-corrected chi connectivity index (χ3v) is 11.9. The third-order valence-electron chi connectivity index (χ3n) is 11.9. The van der Waals surface area contributed by atoms with Crippen molar-refractivity contribution >= 4 is 0 Å². The number of rotatable bonds is 6. The highest BCUT2D eigenvalue weighted by Crippen LogP contribution is 2.67. The fraction of sp³-hybridized carbons (Fsp3) is 0.871. The van der Waals surface area contributed by atoms with Gasteiger partial charge in [0.05, 0.1) is 0 Å². The predicted octanol–water partition coefficient (Wildman–Crippen LogP) is 9.61. The van der Waals surface area contributed by atoms with Crippen LogP contribution in [0.5, 0.6) is 0 Å². The number of fused-ring (bicyclic) bond motifs is 5. The Hall–Kier alpha value is -0.520. The molecule has 31 heavy (non-hydrogen) atoms. The fourth-order valence-corrected chi connectivity index (χ4v) is 9.34. The van der Waals surface area contributed by atoms with Crippen LogP contribution >= 0.6 is 0 Å². The summed E-state index contributed by atoms with van der Waals surface area (Å²) in [7, 11) is 0. The minimum Gasteiger partial charge on any atom is -0.0848 e. The van der Waals surface area contributed by atoms with Gasteiger partial charge in [0.15, 0.2) is 0 Å². The Bertz CT molecular complexity index is 685. The average Bonchev–Trinajstić information content (AvgIpc) is 3.13. The minimum atomic E-state index is 0.433. The van der Waals surface area contributed by atoms with Gasteiger partial charge in [0, 0.05) is 0 Å². The molecule has 0 aliphatic heterocycles. The molecule has 0 bridgehead atoms. The van der Waals surface area contributed by atoms with Gasteiger partial charge in [-0.1, -0.05) is 72.3 Å². The van der Waals surface area contributed by atoms with Gasteiger partial charge >= 0.3 is 0 Å². The first-order valence-electron chi connectivity index (χ1n) is 14.1. The molecule has 0 unspecified atom stereocenters. The van der Waals surface area contributed by atoms with Gasteiger partial charge in [-0.05, 0) is 122 Å². The summed E-state index contributed by atoms with van der Waals surface area (Å²) in [6.07, 6.45) is 23.5. The van der Waals surface area contributed by atoms with E-state index < -0.39 is 0 Å². The highest BCUT2D eigenvalue weighted by molar-refractivity contribution is 5.25. The largest absolute Gasteiger partial charge is 0.0848 e. The Labute approximate surface area is 194 Å². The Morgan fingerprint density at radius 2 is 1.71 bits per heavy atom. The molecule has 0 N–H and O–H groups in total. The molecule has 0 amide bonds. The first-order valence-corrected chi connectivity index (χ1v) is 14.1. The predicted molar refractivity (Wildman–Crippen MR) is 136 cm³/mol. The topological polar surface area (TPSA) is 0 Å². The van der Waals surface area contributed by atoms with Crippen LogP contribution in [0.2, 0.25) is 0 Å². The lowest BCUT2D eigenvalue weighted by Crippen LogP contribution is -2.50. The normalized spacial score (nSPS) is 43.8. The van der Waals surface area contributed by atoms with Gasteiger partial charge < -0.3 is 0 Å². The van der Waals surface area contributed by atoms with Crippen molar-refractivity contribution in [2.24, 2.45) is 51.8 Å². The summed E-state index contributed by atoms with van der Waals surface area (Å²) in [5.41, 5.74) is 3.39. The summed E-state index contributed by atoms with van der Waals surface area (Å²) in [6.45, 7) is 17.6. The van der Waals surface area contributed by atoms with Crippen LogP contribution in [0.25, 0.3) is 0 Å². The Morgan fingerprint density at radius 1 is 1.00 bits per heavy atom. The molecule has 0 aromatic rings. The lowest BCUT2D eigenvalue weighted by molar-refractivity contribution is -0.0487. The molecule has 0 heterocycles. The van der Waals surface area contributed by atoms with E-state index in [1.165, 1.54) is 70.6 Å². The quantitative estimate of drug-likeness (QED) is 0.372. The lowest BCUT2D eigenvalue weighted by Gasteiger charge is -2.58. The zero-order chi connectivity index (χ0) is 22.4. The van der Waals surface area contributed by atoms with Crippen molar-refractivity contribution in [2.75, 3.05) is 0 Å². The van der Waals surface area contributed by atoms with Gasteiger partial charge in [-0.15, -0.1) is 0 Å². The molecule has 0 radical (unpaired) electrons. The number of hydrogen-bond acceptors (Lipinski definition) is 0. The van der Waals surface area contributed by atoms with Crippen LogP contribution in [0.1, 0.15) is 119 Å². The molecule has 0 saturated heterocycles. The molecule has 0 nitrogen and oxygen atoms in total. The van der Waals surface area contributed by atoms with E-state index in [9.17, 15) is 0 Å². The number of allylic oxidation sites excluding steroid dienone is 4. The van der Waals surface area contributed by atoms with Crippen molar-refractivity contribution in [1.82, 2.24) is 0 Å². The van der Waals surface area contributed by atoms with Crippen molar-refractivity contribution in [3.05, 3.63) is 23.8 Å². The standard InChI is InChI=1S/C31H52/c1-8-31(9-2,10-3)20-16-23(5)26-13-14-27-25-12-11-24-21-22(4)15-18-29(24,6)28(25)17-19-30(26,27)7/h11,16,20,22-23,25-28H,8-10,12-15,17-19,21H2,1-7H3/b20-16+/t22-,23+,25-,26+,27-,28-,29-,30+/m0/s1. The molecule has 0 aromatic carbocycles. The van der Waals surface area contributed by atoms with Gasteiger partial charge in [0.1, 0.15) is 0 Å². The van der Waals surface area contributed by atoms with E-state index in [4.69, 9.17) is 0 Å². The van der Waals surface area contributed by atoms with Gasteiger partial charge in [0.25, 0.3) is 0 Å². The molecular weight excluding hydrogens is 372 g/mol. The van der Waals surface area contributed by atoms with Crippen molar-refractivity contribution in [3.8, 4) is 0 Å². The average molecular weight is 425 g/mol. The summed E-state index contributed by atoms with van der Waals surface area (Å²) in [5.74, 6) is 5.43. The minimum absolute atomic E-state index is 0.433. The van der Waals surface area contributed by atoms with Crippen molar-refractivity contribution in [2.45, 2.75) is 119 Å². The van der Waals surface area contributed by atoms with Crippen LogP contribution in [0.15, 0.2) is 23.8 Å². The smallest absolute Gasteiger partial charge is 0.00851 e. The molecule has 3 fully saturated rings. The first kappa shape index (κ1) is 23.6. The second kappa shape index (κ2) is 8.68. The molecule has 176 valence electrons. The molecule has 8 atom stereocenters. The van der Waals surface area contributed by atoms with Gasteiger partial charge in [-0.3, -0.25) is 0 Å². The summed E-state index contributed by atoms with van der Waals surface area (Å²) in [6, 6.07) is 0. The van der Waals surface area contributed by atoms with Crippen LogP contribution in [0.3, 0.4) is 0 Å². The van der Waals surface area contributed by atoms with Crippen molar-refractivity contribution in [1.29, 1.82) is 0 Å². The van der Waals surface area contributed by atoms with Crippen molar-refractivity contribution in [3.63, 3.8) is 0 Å². The van der Waals surface area contributed by atoms with Gasteiger partial charge in [-0.2, -0.15) is 0 Å². The Kier molecular flexibility index (Phi) is 6.62. The second-order valence-corrected chi connectivity index (χ2v) is 13.0. The van der Waals surface area contributed by atoms with E-state index in [-0.39, 0.29) is 0 Å². The second-order valence-electron chi connectivity index (χ2n) is 13.0. The highest BCUT2D eigenvalue weighted by Gasteiger charge is 2.58. The lowest BCUT2D eigenvalue weighted by atomic mass is 9.46. The molecule has 4 aliphatic carbocycles. The summed E-state index contributed by atoms with van der Waals surface area (Å²) >= 11 is 0. The van der Waals surface area contributed by atoms with E-state index in [0.29, 0.717) is 16.2 Å². The van der Waals surface area contributed by atoms with Crippen molar-refractivity contribution < 1.29 is 0 Å². The van der Waals surface area contributed by atoms with Crippen LogP contribution < -0.4 is 0 Å². The van der Waals surface area contributed by atoms with Crippen LogP contribution in [-0.4, -0.2) is 0 Å². The molecule has 3 saturated carbocycles. The zero-order valence-electron chi connectivity index (χ0n) is 22.0. The highest BCUT2D eigenvalue weighted by atomic mass is 14.6. The third kappa shape index (κ3) is 3.81. The van der Waals surface area contributed by atoms with Crippen LogP contribution in [-0.2, 0) is 0 Å². The molecule has 0 heteroatoms. The summed E-state index contributed by atoms with van der Waals surface area (Å²) in [5, 5.41) is 0. The van der Waals surface area contributed by atoms with E-state index >= 15 is 0 Å². The van der Waals surface area contributed by atoms with Crippen LogP contribution in [0, 0.1) is 51.8 Å². The zero-order valence-corrected chi connectivity index (χ0v) is 22.0. The van der Waals surface area contributed by atoms with E-state index in [2.05, 4.69) is 66.7 Å². The van der Waals surface area contributed by atoms with Gasteiger partial charge in [0.2, 0.25) is 0 Å². The molecular formula is C31H52. The summed E-state index contributed by atoms with van der Waals surface area (Å²) < 4.78 is 0. The SMILES string of the molecule is CCC(/C=C/[C@@H](C)[C@H]1CC[C@H]2[C@@H]3CC=C4C[C@@H](C)CC[C@]4(C)[C@H]3CC[C@]12C)(CC)CC. The monoisotopic (exact) mass is 424 g/mol. The van der Waals surface area contributed by atoms with E-state index in [1.54, 1.807) is 0 Å². The van der Waals surface area contributed by atoms with Crippen LogP contribution in [0.4, 0.5) is 0 Å². The maximum Gasteiger partial charge on any atom is -0.00851 e. The summed E-state index contributed by atoms with van der Waals surface area (Å²) in [4.78, 5) is 0. The molecule has 4 aliphatic rings. The van der Waals surface area contributed by atoms with Gasteiger partial charge in [-0.25, -0.2) is 0 Å². The molecule has 4 rings (SSSR count). The molecule has 0 aromatic heterocycles.